The Morgan fingerprint density at radius 1 is 0.952 bits per heavy atom. The van der Waals surface area contributed by atoms with Crippen LogP contribution in [0.15, 0.2) is 12.2 Å². The Hall–Kier alpha value is -0.300. The number of methoxy groups -OCH3 is 1. The topological polar surface area (TPSA) is 9.23 Å². The molecule has 2 aliphatic carbocycles. The predicted octanol–water partition coefficient (Wildman–Crippen LogP) is 5.85. The minimum atomic E-state index is 0.504. The van der Waals surface area contributed by atoms with Crippen LogP contribution in [0.5, 0.6) is 0 Å². The SMILES string of the molecule is CCC/C=C/C1CCC(C2CCC(OC)C(C)C2C)CC1. The second-order valence-electron chi connectivity index (χ2n) is 7.63. The zero-order valence-corrected chi connectivity index (χ0v) is 14.7. The summed E-state index contributed by atoms with van der Waals surface area (Å²) < 4.78 is 5.67. The maximum absolute atomic E-state index is 5.67. The molecule has 0 amide bonds. The predicted molar refractivity (Wildman–Crippen MR) is 91.3 cm³/mol. The minimum Gasteiger partial charge on any atom is -0.381 e. The van der Waals surface area contributed by atoms with Gasteiger partial charge in [-0.1, -0.05) is 39.3 Å². The maximum Gasteiger partial charge on any atom is 0.0599 e. The third-order valence-electron chi connectivity index (χ3n) is 6.46. The van der Waals surface area contributed by atoms with Gasteiger partial charge in [-0.15, -0.1) is 0 Å². The fourth-order valence-electron chi connectivity index (χ4n) is 4.83. The molecule has 2 rings (SSSR count). The molecule has 0 aromatic rings. The van der Waals surface area contributed by atoms with Crippen LogP contribution >= 0.6 is 0 Å². The van der Waals surface area contributed by atoms with Crippen LogP contribution in [-0.2, 0) is 4.74 Å². The molecule has 4 atom stereocenters. The second kappa shape index (κ2) is 8.36. The molecule has 0 aliphatic heterocycles. The van der Waals surface area contributed by atoms with Crippen molar-refractivity contribution in [3.8, 4) is 0 Å². The van der Waals surface area contributed by atoms with Gasteiger partial charge in [0.2, 0.25) is 0 Å². The molecule has 21 heavy (non-hydrogen) atoms. The minimum absolute atomic E-state index is 0.504. The van der Waals surface area contributed by atoms with E-state index in [0.717, 1.165) is 29.6 Å². The van der Waals surface area contributed by atoms with Gasteiger partial charge in [-0.3, -0.25) is 0 Å². The monoisotopic (exact) mass is 292 g/mol. The van der Waals surface area contributed by atoms with E-state index in [0.29, 0.717) is 6.10 Å². The van der Waals surface area contributed by atoms with Gasteiger partial charge in [0.15, 0.2) is 0 Å². The summed E-state index contributed by atoms with van der Waals surface area (Å²) in [7, 11) is 1.89. The molecular weight excluding hydrogens is 256 g/mol. The van der Waals surface area contributed by atoms with Gasteiger partial charge in [-0.2, -0.15) is 0 Å². The fourth-order valence-corrected chi connectivity index (χ4v) is 4.83. The number of ether oxygens (including phenoxy) is 1. The van der Waals surface area contributed by atoms with E-state index in [1.54, 1.807) is 0 Å². The molecule has 1 nitrogen and oxygen atoms in total. The van der Waals surface area contributed by atoms with Crippen molar-refractivity contribution < 1.29 is 4.74 Å². The van der Waals surface area contributed by atoms with Crippen molar-refractivity contribution in [2.45, 2.75) is 78.2 Å². The van der Waals surface area contributed by atoms with Crippen molar-refractivity contribution in [3.05, 3.63) is 12.2 Å². The molecular formula is C20H36O. The lowest BCUT2D eigenvalue weighted by atomic mass is 9.63. The fraction of sp³-hybridized carbons (Fsp3) is 0.900. The average Bonchev–Trinajstić information content (AvgIpc) is 2.51. The first-order valence-electron chi connectivity index (χ1n) is 9.36. The average molecular weight is 293 g/mol. The first-order valence-corrected chi connectivity index (χ1v) is 9.36. The van der Waals surface area contributed by atoms with Crippen molar-refractivity contribution in [1.29, 1.82) is 0 Å². The molecule has 2 fully saturated rings. The van der Waals surface area contributed by atoms with Crippen LogP contribution in [-0.4, -0.2) is 13.2 Å². The van der Waals surface area contributed by atoms with Crippen LogP contribution in [0.1, 0.15) is 72.1 Å². The van der Waals surface area contributed by atoms with Crippen molar-refractivity contribution >= 4 is 0 Å². The van der Waals surface area contributed by atoms with E-state index in [1.165, 1.54) is 51.4 Å². The van der Waals surface area contributed by atoms with Gasteiger partial charge < -0.3 is 4.74 Å². The maximum atomic E-state index is 5.67. The van der Waals surface area contributed by atoms with Crippen LogP contribution in [0.25, 0.3) is 0 Å². The lowest BCUT2D eigenvalue weighted by Gasteiger charge is -2.44. The molecule has 0 bridgehead atoms. The van der Waals surface area contributed by atoms with Crippen LogP contribution in [0, 0.1) is 29.6 Å². The molecule has 0 aromatic heterocycles. The largest absolute Gasteiger partial charge is 0.381 e. The Morgan fingerprint density at radius 2 is 1.67 bits per heavy atom. The third kappa shape index (κ3) is 4.34. The Labute approximate surface area is 132 Å². The van der Waals surface area contributed by atoms with Crippen LogP contribution in [0.3, 0.4) is 0 Å². The molecule has 0 N–H and O–H groups in total. The third-order valence-corrected chi connectivity index (χ3v) is 6.46. The van der Waals surface area contributed by atoms with E-state index in [9.17, 15) is 0 Å². The van der Waals surface area contributed by atoms with Crippen molar-refractivity contribution in [3.63, 3.8) is 0 Å². The van der Waals surface area contributed by atoms with Crippen LogP contribution in [0.2, 0.25) is 0 Å². The molecule has 1 heteroatoms. The van der Waals surface area contributed by atoms with E-state index in [1.807, 2.05) is 7.11 Å². The highest BCUT2D eigenvalue weighted by Crippen LogP contribution is 2.45. The number of unbranched alkanes of at least 4 members (excludes halogenated alkanes) is 1. The van der Waals surface area contributed by atoms with Crippen LogP contribution in [0.4, 0.5) is 0 Å². The lowest BCUT2D eigenvalue weighted by Crippen LogP contribution is -2.39. The number of allylic oxidation sites excluding steroid dienone is 2. The first kappa shape index (κ1) is 17.1. The van der Waals surface area contributed by atoms with Gasteiger partial charge in [0.1, 0.15) is 0 Å². The van der Waals surface area contributed by atoms with E-state index in [-0.39, 0.29) is 0 Å². The summed E-state index contributed by atoms with van der Waals surface area (Å²) in [6.45, 7) is 7.15. The van der Waals surface area contributed by atoms with Gasteiger partial charge in [-0.05, 0) is 74.5 Å². The summed E-state index contributed by atoms with van der Waals surface area (Å²) >= 11 is 0. The normalized spacial score (nSPS) is 41.5. The summed E-state index contributed by atoms with van der Waals surface area (Å²) in [6, 6.07) is 0. The Balaban J connectivity index is 1.82. The van der Waals surface area contributed by atoms with E-state index in [4.69, 9.17) is 4.74 Å². The van der Waals surface area contributed by atoms with Crippen molar-refractivity contribution in [1.82, 2.24) is 0 Å². The Bertz CT molecular complexity index is 314. The summed E-state index contributed by atoms with van der Waals surface area (Å²) in [5, 5.41) is 0. The quantitative estimate of drug-likeness (QED) is 0.578. The van der Waals surface area contributed by atoms with Crippen molar-refractivity contribution in [2.75, 3.05) is 7.11 Å². The highest BCUT2D eigenvalue weighted by atomic mass is 16.5. The van der Waals surface area contributed by atoms with Gasteiger partial charge in [0.05, 0.1) is 6.10 Å². The zero-order valence-electron chi connectivity index (χ0n) is 14.7. The van der Waals surface area contributed by atoms with Gasteiger partial charge in [0, 0.05) is 7.11 Å². The van der Waals surface area contributed by atoms with Crippen LogP contribution < -0.4 is 0 Å². The van der Waals surface area contributed by atoms with E-state index >= 15 is 0 Å². The molecule has 0 aromatic carbocycles. The molecule has 2 aliphatic rings. The molecule has 0 radical (unpaired) electrons. The lowest BCUT2D eigenvalue weighted by molar-refractivity contribution is -0.0329. The summed E-state index contributed by atoms with van der Waals surface area (Å²) in [5.41, 5.74) is 0. The summed E-state index contributed by atoms with van der Waals surface area (Å²) in [4.78, 5) is 0. The summed E-state index contributed by atoms with van der Waals surface area (Å²) in [5.74, 6) is 4.37. The standard InChI is InChI=1S/C20H36O/c1-5-6-7-8-17-9-11-18(12-10-17)19-13-14-20(21-4)16(3)15(19)2/h7-8,15-20H,5-6,9-14H2,1-4H3/b8-7+. The summed E-state index contributed by atoms with van der Waals surface area (Å²) in [6.07, 6.45) is 16.4. The van der Waals surface area contributed by atoms with Crippen molar-refractivity contribution in [2.24, 2.45) is 29.6 Å². The van der Waals surface area contributed by atoms with Gasteiger partial charge in [0.25, 0.3) is 0 Å². The van der Waals surface area contributed by atoms with E-state index in [2.05, 4.69) is 32.9 Å². The molecule has 0 heterocycles. The molecule has 0 spiro atoms. The Morgan fingerprint density at radius 3 is 2.29 bits per heavy atom. The van der Waals surface area contributed by atoms with Gasteiger partial charge in [-0.25, -0.2) is 0 Å². The second-order valence-corrected chi connectivity index (χ2v) is 7.63. The number of hydrogen-bond donors (Lipinski definition) is 0. The zero-order chi connectivity index (χ0) is 15.2. The molecule has 4 unspecified atom stereocenters. The Kier molecular flexibility index (Phi) is 6.79. The highest BCUT2D eigenvalue weighted by Gasteiger charge is 2.38. The number of hydrogen-bond acceptors (Lipinski definition) is 1. The smallest absolute Gasteiger partial charge is 0.0599 e. The van der Waals surface area contributed by atoms with E-state index < -0.39 is 0 Å². The molecule has 2 saturated carbocycles. The first-order chi connectivity index (χ1) is 10.2. The molecule has 0 saturated heterocycles. The molecule has 122 valence electrons. The van der Waals surface area contributed by atoms with Gasteiger partial charge >= 0.3 is 0 Å². The highest BCUT2D eigenvalue weighted by molar-refractivity contribution is 4.94. The number of rotatable bonds is 5.